The normalized spacial score (nSPS) is 15.7. The van der Waals surface area contributed by atoms with Crippen LogP contribution in [0.3, 0.4) is 0 Å². The minimum absolute atomic E-state index is 0.0128. The molecule has 1 fully saturated rings. The Hall–Kier alpha value is -4.19. The monoisotopic (exact) mass is 465 g/mol. The molecule has 0 saturated carbocycles. The summed E-state index contributed by atoms with van der Waals surface area (Å²) in [5.74, 6) is -0.791. The zero-order valence-electron chi connectivity index (χ0n) is 19.6. The Morgan fingerprint density at radius 3 is 2.46 bits per heavy atom. The number of aromatic nitrogens is 1. The van der Waals surface area contributed by atoms with Crippen molar-refractivity contribution < 1.29 is 14.4 Å². The molecule has 0 aliphatic carbocycles. The molecule has 0 bridgehead atoms. The first-order valence-corrected chi connectivity index (χ1v) is 11.8. The highest BCUT2D eigenvalue weighted by Crippen LogP contribution is 2.27. The van der Waals surface area contributed by atoms with Crippen LogP contribution in [0.2, 0.25) is 0 Å². The Morgan fingerprint density at radius 2 is 1.69 bits per heavy atom. The quantitative estimate of drug-likeness (QED) is 0.411. The lowest BCUT2D eigenvalue weighted by molar-refractivity contribution is -0.137. The highest BCUT2D eigenvalue weighted by molar-refractivity contribution is 6.23. The number of H-pyrrole nitrogens is 1. The first kappa shape index (κ1) is 22.6. The fourth-order valence-corrected chi connectivity index (χ4v) is 4.73. The van der Waals surface area contributed by atoms with Gasteiger partial charge < -0.3 is 9.88 Å². The smallest absolute Gasteiger partial charge is 0.257 e. The van der Waals surface area contributed by atoms with Gasteiger partial charge in [0.2, 0.25) is 11.8 Å². The minimum atomic E-state index is -0.815. The molecule has 4 aromatic rings. The average Bonchev–Trinajstić information content (AvgIpc) is 3.41. The lowest BCUT2D eigenvalue weighted by atomic mass is 10.1. The number of nitrogens with one attached hydrogen (secondary N) is 1. The second-order valence-electron chi connectivity index (χ2n) is 8.98. The van der Waals surface area contributed by atoms with Crippen molar-refractivity contribution in [1.29, 1.82) is 0 Å². The van der Waals surface area contributed by atoms with Crippen molar-refractivity contribution in [3.63, 3.8) is 0 Å². The van der Waals surface area contributed by atoms with Crippen LogP contribution in [0, 0.1) is 6.92 Å². The number of fused-ring (bicyclic) bond motifs is 1. The number of para-hydroxylation sites is 1. The summed E-state index contributed by atoms with van der Waals surface area (Å²) in [6, 6.07) is 24.0. The molecule has 5 rings (SSSR count). The van der Waals surface area contributed by atoms with Gasteiger partial charge in [-0.2, -0.15) is 0 Å². The van der Waals surface area contributed by atoms with Crippen molar-refractivity contribution in [1.82, 2.24) is 9.88 Å². The van der Waals surface area contributed by atoms with Gasteiger partial charge in [-0.15, -0.1) is 0 Å². The van der Waals surface area contributed by atoms with Crippen LogP contribution in [0.4, 0.5) is 5.69 Å². The van der Waals surface area contributed by atoms with E-state index < -0.39 is 6.04 Å². The first-order chi connectivity index (χ1) is 17.0. The van der Waals surface area contributed by atoms with Crippen LogP contribution in [-0.4, -0.2) is 40.2 Å². The van der Waals surface area contributed by atoms with E-state index in [2.05, 4.69) is 4.98 Å². The van der Waals surface area contributed by atoms with Crippen LogP contribution >= 0.6 is 0 Å². The molecule has 3 aromatic carbocycles. The van der Waals surface area contributed by atoms with Crippen molar-refractivity contribution in [2.75, 3.05) is 11.4 Å². The fraction of sp³-hybridized carbons (Fsp3) is 0.207. The Kier molecular flexibility index (Phi) is 6.19. The van der Waals surface area contributed by atoms with E-state index in [0.717, 1.165) is 27.6 Å². The maximum Gasteiger partial charge on any atom is 0.257 e. The summed E-state index contributed by atoms with van der Waals surface area (Å²) in [4.78, 5) is 46.0. The molecule has 1 aliphatic rings. The third-order valence-corrected chi connectivity index (χ3v) is 6.61. The number of carbonyl (C=O) groups is 3. The highest BCUT2D eigenvalue weighted by atomic mass is 16.2. The van der Waals surface area contributed by atoms with E-state index in [0.29, 0.717) is 18.7 Å². The molecular weight excluding hydrogens is 438 g/mol. The number of hydrogen-bond acceptors (Lipinski definition) is 3. The van der Waals surface area contributed by atoms with Crippen LogP contribution in [0.15, 0.2) is 85.1 Å². The number of imide groups is 1. The van der Waals surface area contributed by atoms with E-state index in [-0.39, 0.29) is 30.6 Å². The van der Waals surface area contributed by atoms with Crippen LogP contribution in [0.1, 0.15) is 23.1 Å². The largest absolute Gasteiger partial charge is 0.361 e. The van der Waals surface area contributed by atoms with E-state index in [1.54, 1.807) is 17.0 Å². The first-order valence-electron chi connectivity index (χ1n) is 11.8. The molecule has 1 aromatic heterocycles. The fourth-order valence-electron chi connectivity index (χ4n) is 4.73. The number of rotatable bonds is 7. The molecule has 2 heterocycles. The van der Waals surface area contributed by atoms with Gasteiger partial charge in [0.05, 0.1) is 18.5 Å². The van der Waals surface area contributed by atoms with Crippen molar-refractivity contribution >= 4 is 34.3 Å². The molecule has 3 amide bonds. The molecule has 0 spiro atoms. The number of anilines is 1. The van der Waals surface area contributed by atoms with Gasteiger partial charge in [0, 0.05) is 23.6 Å². The highest BCUT2D eigenvalue weighted by Gasteiger charge is 2.44. The average molecular weight is 466 g/mol. The van der Waals surface area contributed by atoms with E-state index in [1.807, 2.05) is 79.9 Å². The van der Waals surface area contributed by atoms with Gasteiger partial charge in [0.1, 0.15) is 6.04 Å². The number of hydrogen-bond donors (Lipinski definition) is 1. The number of carbonyl (C=O) groups excluding carboxylic acids is 3. The molecule has 6 nitrogen and oxygen atoms in total. The van der Waals surface area contributed by atoms with Crippen molar-refractivity contribution in [2.24, 2.45) is 0 Å². The maximum atomic E-state index is 13.5. The van der Waals surface area contributed by atoms with Crippen LogP contribution in [0.5, 0.6) is 0 Å². The van der Waals surface area contributed by atoms with Gasteiger partial charge in [-0.1, -0.05) is 66.2 Å². The van der Waals surface area contributed by atoms with E-state index in [4.69, 9.17) is 0 Å². The van der Waals surface area contributed by atoms with Gasteiger partial charge in [-0.3, -0.25) is 14.4 Å². The molecule has 1 N–H and O–H groups in total. The second-order valence-corrected chi connectivity index (χ2v) is 8.98. The Balaban J connectivity index is 1.42. The lowest BCUT2D eigenvalue weighted by Gasteiger charge is -2.28. The number of benzene rings is 3. The van der Waals surface area contributed by atoms with E-state index >= 15 is 0 Å². The molecule has 1 unspecified atom stereocenters. The van der Waals surface area contributed by atoms with Crippen LogP contribution in [-0.2, 0) is 27.2 Å². The zero-order chi connectivity index (χ0) is 24.4. The van der Waals surface area contributed by atoms with Gasteiger partial charge >= 0.3 is 0 Å². The van der Waals surface area contributed by atoms with Gasteiger partial charge in [-0.05, 0) is 42.7 Å². The third kappa shape index (κ3) is 4.60. The van der Waals surface area contributed by atoms with E-state index in [9.17, 15) is 14.4 Å². The SMILES string of the molecule is Cc1ccc(N2C(=O)CC(N(CCc3c[nH]c4ccccc34)C(=O)Cc3ccccc3)C2=O)cc1. The van der Waals surface area contributed by atoms with Crippen LogP contribution in [0.25, 0.3) is 10.9 Å². The summed E-state index contributed by atoms with van der Waals surface area (Å²) in [6.07, 6.45) is 2.69. The van der Waals surface area contributed by atoms with Crippen molar-refractivity contribution in [3.05, 3.63) is 102 Å². The molecule has 6 heteroatoms. The van der Waals surface area contributed by atoms with Crippen LogP contribution < -0.4 is 4.90 Å². The molecule has 1 aliphatic heterocycles. The van der Waals surface area contributed by atoms with Crippen molar-refractivity contribution in [3.8, 4) is 0 Å². The standard InChI is InChI=1S/C29H27N3O3/c1-20-11-13-23(14-12-20)32-28(34)18-26(29(32)35)31(27(33)17-21-7-3-2-4-8-21)16-15-22-19-30-25-10-6-5-9-24(22)25/h2-14,19,26,30H,15-18H2,1H3. The molecule has 1 atom stereocenters. The number of aryl methyl sites for hydroxylation is 1. The summed E-state index contributed by atoms with van der Waals surface area (Å²) in [7, 11) is 0. The molecular formula is C29H27N3O3. The van der Waals surface area contributed by atoms with Crippen molar-refractivity contribution in [2.45, 2.75) is 32.2 Å². The number of amides is 3. The van der Waals surface area contributed by atoms with Gasteiger partial charge in [0.25, 0.3) is 5.91 Å². The summed E-state index contributed by atoms with van der Waals surface area (Å²) in [5.41, 5.74) is 4.57. The molecule has 0 radical (unpaired) electrons. The summed E-state index contributed by atoms with van der Waals surface area (Å²) in [5, 5.41) is 1.10. The predicted octanol–water partition coefficient (Wildman–Crippen LogP) is 4.42. The molecule has 1 saturated heterocycles. The minimum Gasteiger partial charge on any atom is -0.361 e. The number of nitrogens with zero attached hydrogens (tertiary/aromatic N) is 2. The number of aromatic amines is 1. The Morgan fingerprint density at radius 1 is 0.971 bits per heavy atom. The second kappa shape index (κ2) is 9.58. The maximum absolute atomic E-state index is 13.5. The van der Waals surface area contributed by atoms with Gasteiger partial charge in [-0.25, -0.2) is 4.90 Å². The lowest BCUT2D eigenvalue weighted by Crippen LogP contribution is -2.47. The Bertz CT molecular complexity index is 1380. The predicted molar refractivity (Wildman–Crippen MR) is 136 cm³/mol. The van der Waals surface area contributed by atoms with Gasteiger partial charge in [0.15, 0.2) is 0 Å². The topological polar surface area (TPSA) is 73.5 Å². The summed E-state index contributed by atoms with van der Waals surface area (Å²) in [6.45, 7) is 2.30. The third-order valence-electron chi connectivity index (χ3n) is 6.61. The Labute approximate surface area is 204 Å². The zero-order valence-corrected chi connectivity index (χ0v) is 19.6. The summed E-state index contributed by atoms with van der Waals surface area (Å²) >= 11 is 0. The van der Waals surface area contributed by atoms with E-state index in [1.165, 1.54) is 4.90 Å². The molecule has 176 valence electrons. The summed E-state index contributed by atoms with van der Waals surface area (Å²) < 4.78 is 0. The molecule has 35 heavy (non-hydrogen) atoms.